The summed E-state index contributed by atoms with van der Waals surface area (Å²) >= 11 is 0. The summed E-state index contributed by atoms with van der Waals surface area (Å²) < 4.78 is 1.88. The van der Waals surface area contributed by atoms with Crippen LogP contribution in [0.5, 0.6) is 0 Å². The number of hydrogen-bond donors (Lipinski definition) is 1. The smallest absolute Gasteiger partial charge is 0.158 e. The molecule has 0 saturated carbocycles. The van der Waals surface area contributed by atoms with Crippen molar-refractivity contribution < 1.29 is 0 Å². The summed E-state index contributed by atoms with van der Waals surface area (Å²) in [5.41, 5.74) is 6.87. The molecule has 2 aromatic heterocycles. The number of aromatic nitrogens is 3. The zero-order valence-electron chi connectivity index (χ0n) is 17.0. The third-order valence-corrected chi connectivity index (χ3v) is 5.50. The molecule has 1 N–H and O–H groups in total. The Morgan fingerprint density at radius 3 is 2.82 bits per heavy atom. The highest BCUT2D eigenvalue weighted by atomic mass is 15.2. The van der Waals surface area contributed by atoms with Gasteiger partial charge >= 0.3 is 0 Å². The second-order valence-corrected chi connectivity index (χ2v) is 7.88. The molecule has 5 heteroatoms. The number of hydrogen-bond acceptors (Lipinski definition) is 4. The minimum Gasteiger partial charge on any atom is -0.312 e. The zero-order chi connectivity index (χ0) is 19.5. The quantitative estimate of drug-likeness (QED) is 0.744. The van der Waals surface area contributed by atoms with E-state index in [0.29, 0.717) is 6.04 Å². The third-order valence-electron chi connectivity index (χ3n) is 5.50. The number of nitrogens with zero attached hydrogens (tertiary/aromatic N) is 4. The van der Waals surface area contributed by atoms with E-state index in [1.807, 2.05) is 23.8 Å². The average molecular weight is 376 g/mol. The van der Waals surface area contributed by atoms with E-state index in [-0.39, 0.29) is 0 Å². The van der Waals surface area contributed by atoms with E-state index >= 15 is 0 Å². The van der Waals surface area contributed by atoms with Gasteiger partial charge in [-0.05, 0) is 37.5 Å². The van der Waals surface area contributed by atoms with E-state index < -0.39 is 0 Å². The lowest BCUT2D eigenvalue weighted by Crippen LogP contribution is -2.49. The van der Waals surface area contributed by atoms with Crippen LogP contribution in [0.25, 0.3) is 11.7 Å². The highest BCUT2D eigenvalue weighted by Gasteiger charge is 2.13. The van der Waals surface area contributed by atoms with Crippen molar-refractivity contribution in [2.45, 2.75) is 33.2 Å². The van der Waals surface area contributed by atoms with Gasteiger partial charge in [-0.3, -0.25) is 4.90 Å². The number of aryl methyl sites for hydroxylation is 2. The molecule has 3 heterocycles. The summed E-state index contributed by atoms with van der Waals surface area (Å²) in [5, 5.41) is 7.94. The largest absolute Gasteiger partial charge is 0.312 e. The van der Waals surface area contributed by atoms with Gasteiger partial charge in [-0.1, -0.05) is 36.4 Å². The van der Waals surface area contributed by atoms with Gasteiger partial charge in [-0.2, -0.15) is 5.10 Å². The van der Waals surface area contributed by atoms with E-state index in [4.69, 9.17) is 4.98 Å². The first-order valence-electron chi connectivity index (χ1n) is 10.1. The van der Waals surface area contributed by atoms with Crippen LogP contribution in [0, 0.1) is 13.8 Å². The van der Waals surface area contributed by atoms with Crippen LogP contribution in [0.3, 0.4) is 0 Å². The Kier molecular flexibility index (Phi) is 5.55. The lowest BCUT2D eigenvalue weighted by Gasteiger charge is -2.30. The standard InChI is InChI=1S/C23H29N5/c1-17-15-28-23(26-19(17)3)22(14-25-28)13-21-8-6-20(7-9-21)5-4-11-27-12-10-24-18(2)16-27/h4-9,14-15,18,24H,10-13,16H2,1-3H3/t18-/m0/s1. The molecule has 1 saturated heterocycles. The highest BCUT2D eigenvalue weighted by molar-refractivity contribution is 5.52. The second kappa shape index (κ2) is 8.25. The summed E-state index contributed by atoms with van der Waals surface area (Å²) in [6.45, 7) is 10.7. The normalized spacial score (nSPS) is 18.3. The zero-order valence-corrected chi connectivity index (χ0v) is 17.0. The van der Waals surface area contributed by atoms with Gasteiger partial charge in [0.15, 0.2) is 5.65 Å². The summed E-state index contributed by atoms with van der Waals surface area (Å²) in [7, 11) is 0. The molecule has 0 bridgehead atoms. The Hall–Kier alpha value is -2.50. The summed E-state index contributed by atoms with van der Waals surface area (Å²) in [6, 6.07) is 9.39. The van der Waals surface area contributed by atoms with Crippen molar-refractivity contribution in [3.63, 3.8) is 0 Å². The van der Waals surface area contributed by atoms with Gasteiger partial charge in [0.25, 0.3) is 0 Å². The van der Waals surface area contributed by atoms with E-state index in [1.165, 1.54) is 16.7 Å². The van der Waals surface area contributed by atoms with Crippen molar-refractivity contribution in [1.29, 1.82) is 0 Å². The molecule has 1 aliphatic rings. The maximum Gasteiger partial charge on any atom is 0.158 e. The molecule has 1 aliphatic heterocycles. The SMILES string of the molecule is Cc1cn2ncc(Cc3ccc(C=CCN4CCN[C@@H](C)C4)cc3)c2nc1C. The van der Waals surface area contributed by atoms with Crippen LogP contribution in [-0.2, 0) is 6.42 Å². The highest BCUT2D eigenvalue weighted by Crippen LogP contribution is 2.17. The topological polar surface area (TPSA) is 45.5 Å². The number of fused-ring (bicyclic) bond motifs is 1. The maximum absolute atomic E-state index is 4.72. The first-order chi connectivity index (χ1) is 13.6. The minimum absolute atomic E-state index is 0.587. The lowest BCUT2D eigenvalue weighted by molar-refractivity contribution is 0.227. The van der Waals surface area contributed by atoms with Crippen LogP contribution in [0.4, 0.5) is 0 Å². The van der Waals surface area contributed by atoms with Crippen molar-refractivity contribution in [2.24, 2.45) is 0 Å². The molecule has 28 heavy (non-hydrogen) atoms. The van der Waals surface area contributed by atoms with Gasteiger partial charge in [0, 0.05) is 56.1 Å². The van der Waals surface area contributed by atoms with Crippen molar-refractivity contribution in [2.75, 3.05) is 26.2 Å². The van der Waals surface area contributed by atoms with Gasteiger partial charge < -0.3 is 5.32 Å². The van der Waals surface area contributed by atoms with E-state index in [9.17, 15) is 0 Å². The van der Waals surface area contributed by atoms with E-state index in [0.717, 1.165) is 49.5 Å². The fourth-order valence-corrected chi connectivity index (χ4v) is 3.74. The van der Waals surface area contributed by atoms with Gasteiger partial charge in [-0.25, -0.2) is 9.50 Å². The second-order valence-electron chi connectivity index (χ2n) is 7.88. The fraction of sp³-hybridized carbons (Fsp3) is 0.391. The van der Waals surface area contributed by atoms with Gasteiger partial charge in [-0.15, -0.1) is 0 Å². The molecule has 1 fully saturated rings. The predicted octanol–water partition coefficient (Wildman–Crippen LogP) is 3.24. The molecular weight excluding hydrogens is 346 g/mol. The molecule has 0 spiro atoms. The molecule has 1 aromatic carbocycles. The Morgan fingerprint density at radius 1 is 1.21 bits per heavy atom. The molecule has 5 nitrogen and oxygen atoms in total. The van der Waals surface area contributed by atoms with E-state index in [2.05, 4.69) is 65.6 Å². The molecule has 0 amide bonds. The maximum atomic E-state index is 4.72. The minimum atomic E-state index is 0.587. The molecule has 4 rings (SSSR count). The van der Waals surface area contributed by atoms with Gasteiger partial charge in [0.2, 0.25) is 0 Å². The number of nitrogens with one attached hydrogen (secondary N) is 1. The first-order valence-corrected chi connectivity index (χ1v) is 10.1. The average Bonchev–Trinajstić information content (AvgIpc) is 3.05. The lowest BCUT2D eigenvalue weighted by atomic mass is 10.1. The van der Waals surface area contributed by atoms with Gasteiger partial charge in [0.05, 0.1) is 6.20 Å². The van der Waals surface area contributed by atoms with Crippen molar-refractivity contribution in [1.82, 2.24) is 24.8 Å². The molecule has 0 radical (unpaired) electrons. The number of benzene rings is 1. The Labute approximate surface area is 167 Å². The monoisotopic (exact) mass is 375 g/mol. The Balaban J connectivity index is 1.39. The van der Waals surface area contributed by atoms with E-state index in [1.54, 1.807) is 0 Å². The van der Waals surface area contributed by atoms with Crippen LogP contribution >= 0.6 is 0 Å². The molecule has 0 unspecified atom stereocenters. The Bertz CT molecular complexity index is 971. The molecule has 1 atom stereocenters. The Morgan fingerprint density at radius 2 is 2.04 bits per heavy atom. The van der Waals surface area contributed by atoms with Crippen LogP contribution in [-0.4, -0.2) is 51.7 Å². The van der Waals surface area contributed by atoms with Crippen molar-refractivity contribution >= 4 is 11.7 Å². The number of piperazine rings is 1. The van der Waals surface area contributed by atoms with Crippen LogP contribution in [0.15, 0.2) is 42.7 Å². The molecule has 146 valence electrons. The van der Waals surface area contributed by atoms with Crippen LogP contribution < -0.4 is 5.32 Å². The predicted molar refractivity (Wildman–Crippen MR) is 115 cm³/mol. The fourth-order valence-electron chi connectivity index (χ4n) is 3.74. The summed E-state index contributed by atoms with van der Waals surface area (Å²) in [5.74, 6) is 0. The summed E-state index contributed by atoms with van der Waals surface area (Å²) in [6.07, 6.45) is 9.33. The first kappa shape index (κ1) is 18.8. The van der Waals surface area contributed by atoms with Crippen molar-refractivity contribution in [3.8, 4) is 0 Å². The number of rotatable bonds is 5. The molecular formula is C23H29N5. The van der Waals surface area contributed by atoms with Crippen molar-refractivity contribution in [3.05, 3.63) is 70.7 Å². The molecule has 0 aliphatic carbocycles. The van der Waals surface area contributed by atoms with Crippen LogP contribution in [0.1, 0.15) is 34.9 Å². The molecule has 3 aromatic rings. The van der Waals surface area contributed by atoms with Crippen LogP contribution in [0.2, 0.25) is 0 Å². The van der Waals surface area contributed by atoms with Gasteiger partial charge in [0.1, 0.15) is 0 Å². The third kappa shape index (κ3) is 4.32. The summed E-state index contributed by atoms with van der Waals surface area (Å²) in [4.78, 5) is 7.21.